The Morgan fingerprint density at radius 2 is 2.04 bits per heavy atom. The second kappa shape index (κ2) is 7.82. The third-order valence-electron chi connectivity index (χ3n) is 4.49. The summed E-state index contributed by atoms with van der Waals surface area (Å²) >= 11 is 0. The third kappa shape index (κ3) is 3.74. The minimum Gasteiger partial charge on any atom is -0.351 e. The third-order valence-corrected chi connectivity index (χ3v) is 4.49. The van der Waals surface area contributed by atoms with Gasteiger partial charge in [-0.2, -0.15) is 0 Å². The molecule has 0 radical (unpaired) electrons. The molecule has 2 heterocycles. The van der Waals surface area contributed by atoms with E-state index in [1.807, 2.05) is 43.3 Å². The molecule has 26 heavy (non-hydrogen) atoms. The van der Waals surface area contributed by atoms with Crippen molar-refractivity contribution in [2.75, 3.05) is 6.54 Å². The molecule has 3 rings (SSSR count). The first-order chi connectivity index (χ1) is 12.6. The monoisotopic (exact) mass is 350 g/mol. The van der Waals surface area contributed by atoms with Gasteiger partial charge in [0.2, 0.25) is 0 Å². The van der Waals surface area contributed by atoms with Gasteiger partial charge >= 0.3 is 0 Å². The lowest BCUT2D eigenvalue weighted by atomic mass is 10.1. The topological polar surface area (TPSA) is 79.8 Å². The van der Waals surface area contributed by atoms with E-state index in [4.69, 9.17) is 0 Å². The van der Waals surface area contributed by atoms with Gasteiger partial charge in [0.05, 0.1) is 12.4 Å². The summed E-state index contributed by atoms with van der Waals surface area (Å²) < 4.78 is 1.60. The Labute approximate surface area is 151 Å². The number of hydrogen-bond acceptors (Lipinski definition) is 3. The molecule has 6 heteroatoms. The van der Waals surface area contributed by atoms with Gasteiger partial charge < -0.3 is 14.9 Å². The molecule has 1 unspecified atom stereocenters. The molecule has 0 bridgehead atoms. The molecule has 2 N–H and O–H groups in total. The van der Waals surface area contributed by atoms with E-state index in [-0.39, 0.29) is 23.1 Å². The fourth-order valence-electron chi connectivity index (χ4n) is 2.93. The van der Waals surface area contributed by atoms with Crippen LogP contribution in [0.1, 0.15) is 40.1 Å². The van der Waals surface area contributed by atoms with Gasteiger partial charge in [0.15, 0.2) is 0 Å². The number of benzene rings is 1. The van der Waals surface area contributed by atoms with Crippen molar-refractivity contribution in [2.24, 2.45) is 0 Å². The molecule has 6 nitrogen and oxygen atoms in total. The van der Waals surface area contributed by atoms with Crippen LogP contribution in [0.5, 0.6) is 0 Å². The van der Waals surface area contributed by atoms with Gasteiger partial charge in [0.25, 0.3) is 11.5 Å². The number of H-pyrrole nitrogens is 1. The number of nitrogens with zero attached hydrogens (tertiary/aromatic N) is 2. The summed E-state index contributed by atoms with van der Waals surface area (Å²) in [6, 6.07) is 11.4. The van der Waals surface area contributed by atoms with E-state index in [1.165, 1.54) is 0 Å². The SMILES string of the molecule is Cc1ccn(C(C)c2ccccc2)c(=O)c1C(=O)NCCc1cnc[nH]1. The number of pyridine rings is 1. The Morgan fingerprint density at radius 3 is 2.73 bits per heavy atom. The molecule has 0 aliphatic rings. The minimum atomic E-state index is -0.346. The van der Waals surface area contributed by atoms with Crippen molar-refractivity contribution in [1.82, 2.24) is 19.9 Å². The number of carbonyl (C=O) groups is 1. The van der Waals surface area contributed by atoms with E-state index in [0.29, 0.717) is 18.5 Å². The molecule has 0 saturated heterocycles. The number of aromatic amines is 1. The number of amides is 1. The number of rotatable bonds is 6. The molecule has 1 amide bonds. The fourth-order valence-corrected chi connectivity index (χ4v) is 2.93. The van der Waals surface area contributed by atoms with Crippen LogP contribution in [0.25, 0.3) is 0 Å². The number of carbonyl (C=O) groups excluding carboxylic acids is 1. The number of hydrogen-bond donors (Lipinski definition) is 2. The van der Waals surface area contributed by atoms with Crippen LogP contribution in [-0.4, -0.2) is 27.0 Å². The first kappa shape index (κ1) is 17.7. The van der Waals surface area contributed by atoms with Crippen molar-refractivity contribution in [2.45, 2.75) is 26.3 Å². The molecular weight excluding hydrogens is 328 g/mol. The van der Waals surface area contributed by atoms with Crippen molar-refractivity contribution in [3.63, 3.8) is 0 Å². The Kier molecular flexibility index (Phi) is 5.31. The van der Waals surface area contributed by atoms with Gasteiger partial charge in [0, 0.05) is 31.1 Å². The van der Waals surface area contributed by atoms with Crippen LogP contribution in [0.15, 0.2) is 59.9 Å². The lowest BCUT2D eigenvalue weighted by Gasteiger charge is -2.17. The fraction of sp³-hybridized carbons (Fsp3) is 0.250. The molecule has 2 aromatic heterocycles. The van der Waals surface area contributed by atoms with Crippen LogP contribution in [0.2, 0.25) is 0 Å². The van der Waals surface area contributed by atoms with Gasteiger partial charge in [0.1, 0.15) is 5.56 Å². The van der Waals surface area contributed by atoms with Gasteiger partial charge in [-0.05, 0) is 31.0 Å². The zero-order valence-electron chi connectivity index (χ0n) is 14.9. The van der Waals surface area contributed by atoms with Crippen LogP contribution < -0.4 is 10.9 Å². The molecule has 0 aliphatic carbocycles. The summed E-state index contributed by atoms with van der Waals surface area (Å²) in [5.41, 5.74) is 2.54. The highest BCUT2D eigenvalue weighted by Gasteiger charge is 2.18. The van der Waals surface area contributed by atoms with E-state index in [9.17, 15) is 9.59 Å². The summed E-state index contributed by atoms with van der Waals surface area (Å²) in [6.45, 7) is 4.16. The first-order valence-corrected chi connectivity index (χ1v) is 8.60. The van der Waals surface area contributed by atoms with Crippen LogP contribution in [-0.2, 0) is 6.42 Å². The number of aryl methyl sites for hydroxylation is 1. The average molecular weight is 350 g/mol. The maximum atomic E-state index is 12.9. The highest BCUT2D eigenvalue weighted by molar-refractivity contribution is 5.95. The van der Waals surface area contributed by atoms with Crippen molar-refractivity contribution < 1.29 is 4.79 Å². The minimum absolute atomic E-state index is 0.152. The van der Waals surface area contributed by atoms with Crippen LogP contribution in [0, 0.1) is 6.92 Å². The maximum Gasteiger partial charge on any atom is 0.264 e. The van der Waals surface area contributed by atoms with Crippen molar-refractivity contribution >= 4 is 5.91 Å². The summed E-state index contributed by atoms with van der Waals surface area (Å²) in [5.74, 6) is -0.346. The normalized spacial score (nSPS) is 11.9. The van der Waals surface area contributed by atoms with Gasteiger partial charge in [-0.1, -0.05) is 30.3 Å². The first-order valence-electron chi connectivity index (χ1n) is 8.60. The molecule has 0 fully saturated rings. The summed E-state index contributed by atoms with van der Waals surface area (Å²) in [4.78, 5) is 32.4. The summed E-state index contributed by atoms with van der Waals surface area (Å²) in [5, 5.41) is 2.82. The zero-order chi connectivity index (χ0) is 18.5. The quantitative estimate of drug-likeness (QED) is 0.717. The highest BCUT2D eigenvalue weighted by atomic mass is 16.2. The van der Waals surface area contributed by atoms with Gasteiger partial charge in [-0.25, -0.2) is 4.98 Å². The largest absolute Gasteiger partial charge is 0.351 e. The highest BCUT2D eigenvalue weighted by Crippen LogP contribution is 2.16. The molecule has 1 aromatic carbocycles. The van der Waals surface area contributed by atoms with Gasteiger partial charge in [-0.15, -0.1) is 0 Å². The van der Waals surface area contributed by atoms with E-state index in [1.54, 1.807) is 30.2 Å². The van der Waals surface area contributed by atoms with Crippen molar-refractivity contribution in [1.29, 1.82) is 0 Å². The van der Waals surface area contributed by atoms with E-state index in [0.717, 1.165) is 11.3 Å². The zero-order valence-corrected chi connectivity index (χ0v) is 14.9. The number of nitrogens with one attached hydrogen (secondary N) is 2. The Hall–Kier alpha value is -3.15. The smallest absolute Gasteiger partial charge is 0.264 e. The van der Waals surface area contributed by atoms with Crippen molar-refractivity contribution in [3.8, 4) is 0 Å². The predicted octanol–water partition coefficient (Wildman–Crippen LogP) is 2.46. The maximum absolute atomic E-state index is 12.9. The lowest BCUT2D eigenvalue weighted by Crippen LogP contribution is -2.36. The summed E-state index contributed by atoms with van der Waals surface area (Å²) in [6.07, 6.45) is 5.69. The molecule has 0 spiro atoms. The number of imidazole rings is 1. The molecule has 0 saturated carbocycles. The second-order valence-corrected chi connectivity index (χ2v) is 6.26. The Morgan fingerprint density at radius 1 is 1.27 bits per heavy atom. The molecule has 3 aromatic rings. The molecule has 0 aliphatic heterocycles. The van der Waals surface area contributed by atoms with Crippen LogP contribution in [0.3, 0.4) is 0 Å². The van der Waals surface area contributed by atoms with Crippen LogP contribution in [0.4, 0.5) is 0 Å². The van der Waals surface area contributed by atoms with E-state index in [2.05, 4.69) is 15.3 Å². The second-order valence-electron chi connectivity index (χ2n) is 6.26. The van der Waals surface area contributed by atoms with Gasteiger partial charge in [-0.3, -0.25) is 9.59 Å². The molecule has 1 atom stereocenters. The Balaban J connectivity index is 1.80. The Bertz CT molecular complexity index is 930. The standard InChI is InChI=1S/C20H22N4O2/c1-14-9-11-24(15(2)16-6-4-3-5-7-16)20(26)18(14)19(25)22-10-8-17-12-21-13-23-17/h3-7,9,11-13,15H,8,10H2,1-2H3,(H,21,23)(H,22,25). The molecule has 134 valence electrons. The van der Waals surface area contributed by atoms with Crippen LogP contribution >= 0.6 is 0 Å². The predicted molar refractivity (Wildman–Crippen MR) is 100 cm³/mol. The van der Waals surface area contributed by atoms with E-state index >= 15 is 0 Å². The summed E-state index contributed by atoms with van der Waals surface area (Å²) in [7, 11) is 0. The number of aromatic nitrogens is 3. The van der Waals surface area contributed by atoms with Crippen molar-refractivity contribution in [3.05, 3.63) is 87.9 Å². The van der Waals surface area contributed by atoms with E-state index < -0.39 is 0 Å². The average Bonchev–Trinajstić information content (AvgIpc) is 3.15. The molecular formula is C20H22N4O2. The lowest BCUT2D eigenvalue weighted by molar-refractivity contribution is 0.0951.